The van der Waals surface area contributed by atoms with E-state index in [2.05, 4.69) is 67.3 Å². The summed E-state index contributed by atoms with van der Waals surface area (Å²) in [6, 6.07) is 16.2. The third-order valence-corrected chi connectivity index (χ3v) is 4.77. The van der Waals surface area contributed by atoms with E-state index in [4.69, 9.17) is 9.47 Å². The highest BCUT2D eigenvalue weighted by atomic mass is 16.5. The van der Waals surface area contributed by atoms with Gasteiger partial charge in [0.25, 0.3) is 0 Å². The van der Waals surface area contributed by atoms with Gasteiger partial charge in [0.1, 0.15) is 11.5 Å². The Bertz CT molecular complexity index is 817. The fourth-order valence-corrected chi connectivity index (χ4v) is 2.98. The highest BCUT2D eigenvalue weighted by Gasteiger charge is 2.12. The average Bonchev–Trinajstić information content (AvgIpc) is 2.74. The topological polar surface area (TPSA) is 18.5 Å². The summed E-state index contributed by atoms with van der Waals surface area (Å²) < 4.78 is 10.4. The van der Waals surface area contributed by atoms with E-state index in [1.807, 2.05) is 31.2 Å². The molecule has 2 aromatic carbocycles. The molecular weight excluding hydrogens is 344 g/mol. The van der Waals surface area contributed by atoms with Crippen molar-refractivity contribution in [1.29, 1.82) is 0 Å². The van der Waals surface area contributed by atoms with E-state index in [1.54, 1.807) is 14.2 Å². The van der Waals surface area contributed by atoms with Gasteiger partial charge in [-0.3, -0.25) is 0 Å². The second kappa shape index (κ2) is 11.7. The van der Waals surface area contributed by atoms with Gasteiger partial charge in [-0.25, -0.2) is 0 Å². The smallest absolute Gasteiger partial charge is 0.118 e. The fourth-order valence-electron chi connectivity index (χ4n) is 2.98. The van der Waals surface area contributed by atoms with Crippen molar-refractivity contribution in [2.45, 2.75) is 26.7 Å². The molecule has 0 saturated carbocycles. The fraction of sp³-hybridized carbons (Fsp3) is 0.308. The number of hydrogen-bond acceptors (Lipinski definition) is 2. The summed E-state index contributed by atoms with van der Waals surface area (Å²) in [5.41, 5.74) is 2.36. The van der Waals surface area contributed by atoms with Gasteiger partial charge < -0.3 is 9.47 Å². The van der Waals surface area contributed by atoms with Crippen molar-refractivity contribution in [2.24, 2.45) is 11.8 Å². The first-order valence-electron chi connectivity index (χ1n) is 9.69. The van der Waals surface area contributed by atoms with Crippen molar-refractivity contribution in [3.63, 3.8) is 0 Å². The summed E-state index contributed by atoms with van der Waals surface area (Å²) in [5.74, 6) is 9.07. The first-order valence-corrected chi connectivity index (χ1v) is 9.69. The lowest BCUT2D eigenvalue weighted by molar-refractivity contribution is 0.414. The Balaban J connectivity index is 1.90. The number of ether oxygens (including phenoxy) is 2. The Morgan fingerprint density at radius 1 is 0.786 bits per heavy atom. The van der Waals surface area contributed by atoms with Gasteiger partial charge in [-0.15, -0.1) is 5.92 Å². The van der Waals surface area contributed by atoms with Crippen LogP contribution >= 0.6 is 0 Å². The molecule has 2 heteroatoms. The lowest BCUT2D eigenvalue weighted by atomic mass is 9.88. The van der Waals surface area contributed by atoms with Crippen LogP contribution in [0.25, 0.3) is 12.2 Å². The molecule has 2 nitrogen and oxygen atoms in total. The van der Waals surface area contributed by atoms with Crippen molar-refractivity contribution in [3.05, 3.63) is 71.8 Å². The van der Waals surface area contributed by atoms with Crippen LogP contribution in [0.4, 0.5) is 0 Å². The average molecular weight is 375 g/mol. The molecule has 2 aromatic rings. The molecule has 2 unspecified atom stereocenters. The van der Waals surface area contributed by atoms with E-state index in [0.29, 0.717) is 11.8 Å². The molecular formula is C26H30O2. The number of methoxy groups -OCH3 is 2. The Morgan fingerprint density at radius 2 is 1.25 bits per heavy atom. The van der Waals surface area contributed by atoms with E-state index >= 15 is 0 Å². The standard InChI is InChI=1S/C26H30O2/c1-5-8-24(12-7-11-23-15-19-26(28-4)20-16-23)21(2)9-6-10-22-13-17-25(27-3)18-14-22/h6-7,10-11,13-21,24H,9,12H2,1-4H3/b10-6+,11-7+. The van der Waals surface area contributed by atoms with E-state index in [0.717, 1.165) is 24.3 Å². The summed E-state index contributed by atoms with van der Waals surface area (Å²) in [5, 5.41) is 0. The largest absolute Gasteiger partial charge is 0.497 e. The molecule has 0 aliphatic carbocycles. The molecule has 0 N–H and O–H groups in total. The molecule has 0 fully saturated rings. The Kier molecular flexibility index (Phi) is 8.95. The lowest BCUT2D eigenvalue weighted by Crippen LogP contribution is -2.08. The number of rotatable bonds is 9. The van der Waals surface area contributed by atoms with Crippen molar-refractivity contribution in [2.75, 3.05) is 14.2 Å². The summed E-state index contributed by atoms with van der Waals surface area (Å²) in [6.07, 6.45) is 10.7. The monoisotopic (exact) mass is 374 g/mol. The molecule has 0 heterocycles. The third kappa shape index (κ3) is 7.00. The first-order chi connectivity index (χ1) is 13.7. The van der Waals surface area contributed by atoms with Crippen LogP contribution in [0, 0.1) is 23.7 Å². The molecule has 0 bridgehead atoms. The summed E-state index contributed by atoms with van der Waals surface area (Å²) in [4.78, 5) is 0. The maximum absolute atomic E-state index is 5.20. The van der Waals surface area contributed by atoms with Crippen molar-refractivity contribution in [3.8, 4) is 23.3 Å². The minimum absolute atomic E-state index is 0.347. The van der Waals surface area contributed by atoms with E-state index in [-0.39, 0.29) is 0 Å². The van der Waals surface area contributed by atoms with Gasteiger partial charge in [0.2, 0.25) is 0 Å². The normalized spacial score (nSPS) is 13.1. The van der Waals surface area contributed by atoms with Crippen LogP contribution in [-0.4, -0.2) is 14.2 Å². The minimum atomic E-state index is 0.347. The summed E-state index contributed by atoms with van der Waals surface area (Å²) in [6.45, 7) is 4.19. The molecule has 2 rings (SSSR count). The van der Waals surface area contributed by atoms with Gasteiger partial charge in [0, 0.05) is 5.92 Å². The van der Waals surface area contributed by atoms with Crippen LogP contribution in [0.3, 0.4) is 0 Å². The number of benzene rings is 2. The SMILES string of the molecule is CC#CC(C/C=C/c1ccc(OC)cc1)C(C)C/C=C/c1ccc(OC)cc1. The molecule has 28 heavy (non-hydrogen) atoms. The zero-order valence-electron chi connectivity index (χ0n) is 17.3. The lowest BCUT2D eigenvalue weighted by Gasteiger charge is -2.16. The van der Waals surface area contributed by atoms with Crippen LogP contribution in [0.2, 0.25) is 0 Å². The van der Waals surface area contributed by atoms with Gasteiger partial charge in [0.15, 0.2) is 0 Å². The maximum atomic E-state index is 5.20. The highest BCUT2D eigenvalue weighted by molar-refractivity contribution is 5.51. The zero-order chi connectivity index (χ0) is 20.2. The van der Waals surface area contributed by atoms with Gasteiger partial charge in [-0.2, -0.15) is 0 Å². The van der Waals surface area contributed by atoms with Crippen molar-refractivity contribution in [1.82, 2.24) is 0 Å². The zero-order valence-corrected chi connectivity index (χ0v) is 17.3. The summed E-state index contributed by atoms with van der Waals surface area (Å²) >= 11 is 0. The van der Waals surface area contributed by atoms with Crippen molar-refractivity contribution >= 4 is 12.2 Å². The molecule has 0 aliphatic heterocycles. The number of allylic oxidation sites excluding steroid dienone is 2. The second-order valence-electron chi connectivity index (χ2n) is 6.80. The molecule has 0 radical (unpaired) electrons. The predicted molar refractivity (Wildman–Crippen MR) is 119 cm³/mol. The highest BCUT2D eigenvalue weighted by Crippen LogP contribution is 2.22. The van der Waals surface area contributed by atoms with E-state index in [9.17, 15) is 0 Å². The van der Waals surface area contributed by atoms with Crippen molar-refractivity contribution < 1.29 is 9.47 Å². The van der Waals surface area contributed by atoms with Crippen LogP contribution in [0.15, 0.2) is 60.7 Å². The van der Waals surface area contributed by atoms with Gasteiger partial charge >= 0.3 is 0 Å². The quantitative estimate of drug-likeness (QED) is 0.467. The first kappa shape index (κ1) is 21.4. The van der Waals surface area contributed by atoms with E-state index in [1.165, 1.54) is 11.1 Å². The third-order valence-electron chi connectivity index (χ3n) is 4.77. The Labute approximate surface area is 169 Å². The molecule has 0 aromatic heterocycles. The van der Waals surface area contributed by atoms with E-state index < -0.39 is 0 Å². The van der Waals surface area contributed by atoms with Crippen LogP contribution in [0.1, 0.15) is 37.8 Å². The molecule has 0 saturated heterocycles. The minimum Gasteiger partial charge on any atom is -0.497 e. The van der Waals surface area contributed by atoms with Gasteiger partial charge in [-0.1, -0.05) is 61.4 Å². The molecule has 146 valence electrons. The molecule has 0 aliphatic rings. The Morgan fingerprint density at radius 3 is 1.68 bits per heavy atom. The Hall–Kier alpha value is -2.92. The van der Waals surface area contributed by atoms with Gasteiger partial charge in [-0.05, 0) is 61.1 Å². The molecule has 2 atom stereocenters. The second-order valence-corrected chi connectivity index (χ2v) is 6.80. The summed E-state index contributed by atoms with van der Waals surface area (Å²) in [7, 11) is 3.37. The maximum Gasteiger partial charge on any atom is 0.118 e. The molecule has 0 amide bonds. The van der Waals surface area contributed by atoms with Gasteiger partial charge in [0.05, 0.1) is 14.2 Å². The van der Waals surface area contributed by atoms with Crippen LogP contribution in [0.5, 0.6) is 11.5 Å². The molecule has 0 spiro atoms. The van der Waals surface area contributed by atoms with Crippen LogP contribution in [-0.2, 0) is 0 Å². The predicted octanol–water partition coefficient (Wildman–Crippen LogP) is 6.49. The number of hydrogen-bond donors (Lipinski definition) is 0. The van der Waals surface area contributed by atoms with Crippen LogP contribution < -0.4 is 9.47 Å².